The Balaban J connectivity index is 0.000001000. The highest BCUT2D eigenvalue weighted by Gasteiger charge is 2.27. The minimum Gasteiger partial charge on any atom is -0.512 e. The van der Waals surface area contributed by atoms with Crippen LogP contribution in [0.3, 0.4) is 0 Å². The highest BCUT2D eigenvalue weighted by molar-refractivity contribution is 5.85. The second-order valence-electron chi connectivity index (χ2n) is 3.64. The summed E-state index contributed by atoms with van der Waals surface area (Å²) >= 11 is 0. The summed E-state index contributed by atoms with van der Waals surface area (Å²) in [6.07, 6.45) is 3.72. The summed E-state index contributed by atoms with van der Waals surface area (Å²) in [6.45, 7) is 4.06. The molecule has 3 heteroatoms. The molecule has 11 heavy (non-hydrogen) atoms. The van der Waals surface area contributed by atoms with Crippen molar-refractivity contribution in [1.29, 1.82) is 0 Å². The van der Waals surface area contributed by atoms with Crippen molar-refractivity contribution in [3.63, 3.8) is 0 Å². The van der Waals surface area contributed by atoms with Gasteiger partial charge < -0.3 is 10.8 Å². The quantitative estimate of drug-likeness (QED) is 0.595. The van der Waals surface area contributed by atoms with E-state index >= 15 is 0 Å². The maximum Gasteiger partial charge on any atom is 0.0954 e. The first-order chi connectivity index (χ1) is 4.52. The first-order valence-electron chi connectivity index (χ1n) is 3.69. The van der Waals surface area contributed by atoms with Crippen molar-refractivity contribution >= 4 is 12.4 Å². The second-order valence-corrected chi connectivity index (χ2v) is 3.64. The normalized spacial score (nSPS) is 28.6. The molecular formula is C8H16ClNO. The molecule has 0 saturated heterocycles. The molecular weight excluding hydrogens is 162 g/mol. The van der Waals surface area contributed by atoms with E-state index in [9.17, 15) is 5.11 Å². The molecule has 1 aliphatic rings. The molecule has 0 aromatic heterocycles. The van der Waals surface area contributed by atoms with Gasteiger partial charge in [0.2, 0.25) is 0 Å². The molecule has 1 aliphatic carbocycles. The third-order valence-electron chi connectivity index (χ3n) is 2.17. The summed E-state index contributed by atoms with van der Waals surface area (Å²) in [5.41, 5.74) is 5.56. The molecule has 1 rings (SSSR count). The van der Waals surface area contributed by atoms with Crippen LogP contribution in [0.15, 0.2) is 11.8 Å². The van der Waals surface area contributed by atoms with Crippen LogP contribution < -0.4 is 5.73 Å². The number of hydrogen-bond donors (Lipinski definition) is 2. The van der Waals surface area contributed by atoms with E-state index in [1.807, 2.05) is 13.8 Å². The van der Waals surface area contributed by atoms with Crippen LogP contribution in [0, 0.1) is 5.41 Å². The average Bonchev–Trinajstić information content (AvgIpc) is 1.81. The van der Waals surface area contributed by atoms with Gasteiger partial charge in [-0.05, 0) is 18.9 Å². The van der Waals surface area contributed by atoms with Crippen molar-refractivity contribution in [2.75, 3.05) is 0 Å². The van der Waals surface area contributed by atoms with Gasteiger partial charge in [-0.1, -0.05) is 13.8 Å². The van der Waals surface area contributed by atoms with E-state index in [-0.39, 0.29) is 23.9 Å². The predicted octanol–water partition coefficient (Wildman–Crippen LogP) is 2.00. The van der Waals surface area contributed by atoms with Crippen LogP contribution in [-0.4, -0.2) is 11.1 Å². The lowest BCUT2D eigenvalue weighted by Gasteiger charge is -2.29. The van der Waals surface area contributed by atoms with Gasteiger partial charge in [0.15, 0.2) is 0 Å². The van der Waals surface area contributed by atoms with Gasteiger partial charge in [0.05, 0.1) is 5.76 Å². The topological polar surface area (TPSA) is 46.2 Å². The number of nitrogens with two attached hydrogens (primary N) is 1. The van der Waals surface area contributed by atoms with Crippen molar-refractivity contribution < 1.29 is 5.11 Å². The molecule has 0 unspecified atom stereocenters. The Bertz CT molecular complexity index is 165. The fraction of sp³-hybridized carbons (Fsp3) is 0.750. The number of hydrogen-bond acceptors (Lipinski definition) is 2. The largest absolute Gasteiger partial charge is 0.512 e. The van der Waals surface area contributed by atoms with E-state index in [0.717, 1.165) is 12.8 Å². The lowest BCUT2D eigenvalue weighted by Crippen LogP contribution is -2.29. The number of aliphatic hydroxyl groups excluding tert-OH is 1. The van der Waals surface area contributed by atoms with Gasteiger partial charge in [0.1, 0.15) is 0 Å². The highest BCUT2D eigenvalue weighted by atomic mass is 35.5. The maximum absolute atomic E-state index is 9.39. The van der Waals surface area contributed by atoms with E-state index in [1.165, 1.54) is 0 Å². The lowest BCUT2D eigenvalue weighted by molar-refractivity contribution is 0.219. The zero-order valence-electron chi connectivity index (χ0n) is 7.00. The zero-order valence-corrected chi connectivity index (χ0v) is 7.82. The van der Waals surface area contributed by atoms with E-state index in [1.54, 1.807) is 6.08 Å². The Kier molecular flexibility index (Phi) is 3.39. The van der Waals surface area contributed by atoms with Crippen molar-refractivity contribution in [2.24, 2.45) is 11.1 Å². The van der Waals surface area contributed by atoms with Gasteiger partial charge in [-0.3, -0.25) is 0 Å². The maximum atomic E-state index is 9.39. The van der Waals surface area contributed by atoms with Gasteiger partial charge in [-0.25, -0.2) is 0 Å². The molecule has 0 fully saturated rings. The van der Waals surface area contributed by atoms with E-state index in [2.05, 4.69) is 0 Å². The second kappa shape index (κ2) is 3.46. The fourth-order valence-corrected chi connectivity index (χ4v) is 1.17. The summed E-state index contributed by atoms with van der Waals surface area (Å²) in [4.78, 5) is 0. The molecule has 0 heterocycles. The van der Waals surface area contributed by atoms with Crippen LogP contribution in [0.1, 0.15) is 26.7 Å². The summed E-state index contributed by atoms with van der Waals surface area (Å²) in [6, 6.07) is 0.0630. The van der Waals surface area contributed by atoms with Crippen molar-refractivity contribution in [3.05, 3.63) is 11.8 Å². The summed E-state index contributed by atoms with van der Waals surface area (Å²) in [7, 11) is 0. The molecule has 3 N–H and O–H groups in total. The molecule has 0 amide bonds. The SMILES string of the molecule is CC1(C)CC[C@@H](N)C=C1O.Cl. The molecule has 0 aromatic rings. The van der Waals surface area contributed by atoms with Crippen molar-refractivity contribution in [3.8, 4) is 0 Å². The predicted molar refractivity (Wildman–Crippen MR) is 49.0 cm³/mol. The molecule has 0 aromatic carbocycles. The molecule has 66 valence electrons. The molecule has 0 aliphatic heterocycles. The highest BCUT2D eigenvalue weighted by Crippen LogP contribution is 2.34. The number of aliphatic hydroxyl groups is 1. The number of rotatable bonds is 0. The summed E-state index contributed by atoms with van der Waals surface area (Å²) in [5, 5.41) is 9.39. The Labute approximate surface area is 73.9 Å². The van der Waals surface area contributed by atoms with Gasteiger partial charge in [0.25, 0.3) is 0 Å². The van der Waals surface area contributed by atoms with Crippen LogP contribution in [0.25, 0.3) is 0 Å². The Morgan fingerprint density at radius 1 is 1.64 bits per heavy atom. The first-order valence-corrected chi connectivity index (χ1v) is 3.69. The van der Waals surface area contributed by atoms with Crippen LogP contribution in [0.2, 0.25) is 0 Å². The fourth-order valence-electron chi connectivity index (χ4n) is 1.17. The molecule has 2 nitrogen and oxygen atoms in total. The van der Waals surface area contributed by atoms with Gasteiger partial charge in [0, 0.05) is 11.5 Å². The first kappa shape index (κ1) is 10.8. The Morgan fingerprint density at radius 3 is 2.55 bits per heavy atom. The van der Waals surface area contributed by atoms with Crippen molar-refractivity contribution in [1.82, 2.24) is 0 Å². The summed E-state index contributed by atoms with van der Waals surface area (Å²) in [5.74, 6) is 0.450. The third-order valence-corrected chi connectivity index (χ3v) is 2.17. The van der Waals surface area contributed by atoms with Crippen LogP contribution in [-0.2, 0) is 0 Å². The Hall–Kier alpha value is -0.210. The molecule has 0 bridgehead atoms. The van der Waals surface area contributed by atoms with E-state index in [0.29, 0.717) is 5.76 Å². The number of allylic oxidation sites excluding steroid dienone is 1. The van der Waals surface area contributed by atoms with Crippen LogP contribution >= 0.6 is 12.4 Å². The number of halogens is 1. The van der Waals surface area contributed by atoms with Gasteiger partial charge in [-0.15, -0.1) is 12.4 Å². The third kappa shape index (κ3) is 2.38. The van der Waals surface area contributed by atoms with Crippen LogP contribution in [0.4, 0.5) is 0 Å². The summed E-state index contributed by atoms with van der Waals surface area (Å²) < 4.78 is 0. The van der Waals surface area contributed by atoms with Gasteiger partial charge >= 0.3 is 0 Å². The average molecular weight is 178 g/mol. The Morgan fingerprint density at radius 2 is 2.18 bits per heavy atom. The lowest BCUT2D eigenvalue weighted by atomic mass is 9.79. The minimum absolute atomic E-state index is 0. The minimum atomic E-state index is -0.0458. The zero-order chi connectivity index (χ0) is 7.78. The van der Waals surface area contributed by atoms with E-state index < -0.39 is 0 Å². The van der Waals surface area contributed by atoms with E-state index in [4.69, 9.17) is 5.73 Å². The monoisotopic (exact) mass is 177 g/mol. The van der Waals surface area contributed by atoms with Crippen molar-refractivity contribution in [2.45, 2.75) is 32.7 Å². The smallest absolute Gasteiger partial charge is 0.0954 e. The molecule has 0 saturated carbocycles. The standard InChI is InChI=1S/C8H15NO.ClH/c1-8(2)4-3-6(9)5-7(8)10;/h5-6,10H,3-4,9H2,1-2H3;1H/t6-;/m1./s1. The molecule has 0 spiro atoms. The van der Waals surface area contributed by atoms with Gasteiger partial charge in [-0.2, -0.15) is 0 Å². The van der Waals surface area contributed by atoms with Crippen LogP contribution in [0.5, 0.6) is 0 Å². The molecule has 0 radical (unpaired) electrons. The molecule has 1 atom stereocenters.